The highest BCUT2D eigenvalue weighted by atomic mass is 32.1. The van der Waals surface area contributed by atoms with E-state index in [1.165, 1.54) is 4.70 Å². The zero-order chi connectivity index (χ0) is 14.4. The van der Waals surface area contributed by atoms with Gasteiger partial charge >= 0.3 is 0 Å². The van der Waals surface area contributed by atoms with E-state index in [0.29, 0.717) is 0 Å². The maximum Gasteiger partial charge on any atom is 0.132 e. The van der Waals surface area contributed by atoms with Gasteiger partial charge < -0.3 is 9.88 Å². The summed E-state index contributed by atoms with van der Waals surface area (Å²) < 4.78 is 3.18. The number of hydrogen-bond acceptors (Lipinski definition) is 5. The molecule has 3 heterocycles. The molecule has 0 amide bonds. The van der Waals surface area contributed by atoms with Gasteiger partial charge in [-0.3, -0.25) is 0 Å². The number of nitrogens with one attached hydrogen (secondary N) is 1. The number of aryl methyl sites for hydroxylation is 2. The van der Waals surface area contributed by atoms with Crippen molar-refractivity contribution in [2.45, 2.75) is 6.92 Å². The topological polar surface area (TPSA) is 55.6 Å². The third-order valence-corrected chi connectivity index (χ3v) is 4.33. The summed E-state index contributed by atoms with van der Waals surface area (Å²) in [6, 6.07) is 8.19. The van der Waals surface area contributed by atoms with Gasteiger partial charge in [0.05, 0.1) is 33.3 Å². The highest BCUT2D eigenvalue weighted by Crippen LogP contribution is 2.26. The Morgan fingerprint density at radius 2 is 2.05 bits per heavy atom. The Hall–Kier alpha value is -2.47. The third-order valence-electron chi connectivity index (χ3n) is 3.38. The predicted molar refractivity (Wildman–Crippen MR) is 86.1 cm³/mol. The SMILES string of the molecule is Cc1nc2cc(Nc3cc4c(cn3)ncn4C)ccc2s1. The lowest BCUT2D eigenvalue weighted by atomic mass is 10.3. The highest BCUT2D eigenvalue weighted by Gasteiger charge is 2.05. The largest absolute Gasteiger partial charge is 0.340 e. The van der Waals surface area contributed by atoms with Crippen LogP contribution in [0.1, 0.15) is 5.01 Å². The van der Waals surface area contributed by atoms with Gasteiger partial charge in [0.25, 0.3) is 0 Å². The van der Waals surface area contributed by atoms with E-state index in [1.54, 1.807) is 23.9 Å². The van der Waals surface area contributed by atoms with E-state index < -0.39 is 0 Å². The van der Waals surface area contributed by atoms with Gasteiger partial charge in [-0.25, -0.2) is 15.0 Å². The molecule has 0 saturated carbocycles. The van der Waals surface area contributed by atoms with Gasteiger partial charge in [-0.2, -0.15) is 0 Å². The molecule has 1 N–H and O–H groups in total. The van der Waals surface area contributed by atoms with Crippen molar-refractivity contribution in [1.29, 1.82) is 0 Å². The van der Waals surface area contributed by atoms with Crippen LogP contribution in [0.15, 0.2) is 36.8 Å². The zero-order valence-electron chi connectivity index (χ0n) is 11.7. The molecule has 0 spiro atoms. The first-order valence-electron chi connectivity index (χ1n) is 6.60. The van der Waals surface area contributed by atoms with Gasteiger partial charge in [-0.05, 0) is 25.1 Å². The van der Waals surface area contributed by atoms with Crippen LogP contribution in [0.2, 0.25) is 0 Å². The Kier molecular flexibility index (Phi) is 2.65. The van der Waals surface area contributed by atoms with Gasteiger partial charge in [0.2, 0.25) is 0 Å². The molecule has 0 aliphatic carbocycles. The minimum Gasteiger partial charge on any atom is -0.340 e. The molecular formula is C15H13N5S. The van der Waals surface area contributed by atoms with E-state index >= 15 is 0 Å². The number of aromatic nitrogens is 4. The Bertz CT molecular complexity index is 953. The summed E-state index contributed by atoms with van der Waals surface area (Å²) in [6.07, 6.45) is 3.57. The predicted octanol–water partition coefficient (Wildman–Crippen LogP) is 3.63. The first-order valence-corrected chi connectivity index (χ1v) is 7.42. The first kappa shape index (κ1) is 12.3. The summed E-state index contributed by atoms with van der Waals surface area (Å²) in [5.41, 5.74) is 3.96. The van der Waals surface area contributed by atoms with Crippen LogP contribution in [0.25, 0.3) is 21.3 Å². The summed E-state index contributed by atoms with van der Waals surface area (Å²) in [5, 5.41) is 4.41. The van der Waals surface area contributed by atoms with Crippen LogP contribution in [-0.4, -0.2) is 19.5 Å². The summed E-state index contributed by atoms with van der Waals surface area (Å²) in [4.78, 5) is 13.2. The lowest BCUT2D eigenvalue weighted by molar-refractivity contribution is 0.947. The lowest BCUT2D eigenvalue weighted by Crippen LogP contribution is -1.94. The third kappa shape index (κ3) is 2.13. The molecule has 0 fully saturated rings. The summed E-state index contributed by atoms with van der Waals surface area (Å²) in [6.45, 7) is 2.02. The molecule has 4 aromatic rings. The van der Waals surface area contributed by atoms with Crippen LogP contribution in [-0.2, 0) is 7.05 Å². The molecular weight excluding hydrogens is 282 g/mol. The van der Waals surface area contributed by atoms with Gasteiger partial charge in [0.15, 0.2) is 0 Å². The van der Waals surface area contributed by atoms with Crippen molar-refractivity contribution >= 4 is 44.1 Å². The molecule has 0 saturated heterocycles. The fourth-order valence-electron chi connectivity index (χ4n) is 2.37. The van der Waals surface area contributed by atoms with E-state index in [9.17, 15) is 0 Å². The Morgan fingerprint density at radius 3 is 2.95 bits per heavy atom. The van der Waals surface area contributed by atoms with Crippen molar-refractivity contribution in [1.82, 2.24) is 19.5 Å². The van der Waals surface area contributed by atoms with E-state index in [4.69, 9.17) is 0 Å². The Balaban J connectivity index is 1.72. The normalized spacial score (nSPS) is 11.3. The fourth-order valence-corrected chi connectivity index (χ4v) is 3.17. The monoisotopic (exact) mass is 295 g/mol. The molecule has 0 unspecified atom stereocenters. The summed E-state index contributed by atoms with van der Waals surface area (Å²) >= 11 is 1.71. The van der Waals surface area contributed by atoms with Crippen molar-refractivity contribution in [3.8, 4) is 0 Å². The molecule has 1 aromatic carbocycles. The Labute approximate surface area is 125 Å². The number of imidazole rings is 1. The average molecular weight is 295 g/mol. The smallest absolute Gasteiger partial charge is 0.132 e. The van der Waals surface area contributed by atoms with Crippen molar-refractivity contribution in [3.05, 3.63) is 41.8 Å². The quantitative estimate of drug-likeness (QED) is 0.613. The van der Waals surface area contributed by atoms with Crippen LogP contribution >= 0.6 is 11.3 Å². The number of nitrogens with zero attached hydrogens (tertiary/aromatic N) is 4. The van der Waals surface area contributed by atoms with Gasteiger partial charge in [-0.15, -0.1) is 11.3 Å². The molecule has 0 aliphatic rings. The standard InChI is InChI=1S/C15H13N5S/c1-9-18-11-5-10(3-4-14(11)21-9)19-15-6-13-12(7-16-15)17-8-20(13)2/h3-8H,1-2H3,(H,16,19). The van der Waals surface area contributed by atoms with Crippen LogP contribution in [0.5, 0.6) is 0 Å². The number of rotatable bonds is 2. The molecule has 6 heteroatoms. The van der Waals surface area contributed by atoms with E-state index in [-0.39, 0.29) is 0 Å². The molecule has 104 valence electrons. The van der Waals surface area contributed by atoms with Gasteiger partial charge in [-0.1, -0.05) is 0 Å². The minimum atomic E-state index is 0.803. The number of anilines is 2. The second-order valence-corrected chi connectivity index (χ2v) is 6.19. The maximum atomic E-state index is 4.52. The minimum absolute atomic E-state index is 0.803. The average Bonchev–Trinajstić information content (AvgIpc) is 3.01. The second-order valence-electron chi connectivity index (χ2n) is 4.95. The molecule has 0 atom stereocenters. The fraction of sp³-hybridized carbons (Fsp3) is 0.133. The molecule has 5 nitrogen and oxygen atoms in total. The number of pyridine rings is 1. The van der Waals surface area contributed by atoms with E-state index in [2.05, 4.69) is 32.4 Å². The van der Waals surface area contributed by atoms with Crippen molar-refractivity contribution in [3.63, 3.8) is 0 Å². The van der Waals surface area contributed by atoms with E-state index in [1.807, 2.05) is 30.7 Å². The number of thiazole rings is 1. The highest BCUT2D eigenvalue weighted by molar-refractivity contribution is 7.18. The molecule has 0 bridgehead atoms. The first-order chi connectivity index (χ1) is 10.2. The number of benzene rings is 1. The Morgan fingerprint density at radius 1 is 1.14 bits per heavy atom. The number of fused-ring (bicyclic) bond motifs is 2. The lowest BCUT2D eigenvalue weighted by Gasteiger charge is -2.05. The molecule has 21 heavy (non-hydrogen) atoms. The maximum absolute atomic E-state index is 4.52. The van der Waals surface area contributed by atoms with Crippen LogP contribution in [0, 0.1) is 6.92 Å². The molecule has 0 aliphatic heterocycles. The van der Waals surface area contributed by atoms with E-state index in [0.717, 1.165) is 33.1 Å². The summed E-state index contributed by atoms with van der Waals surface area (Å²) in [5.74, 6) is 0.803. The zero-order valence-corrected chi connectivity index (χ0v) is 12.5. The van der Waals surface area contributed by atoms with Crippen molar-refractivity contribution in [2.75, 3.05) is 5.32 Å². The molecule has 3 aromatic heterocycles. The van der Waals surface area contributed by atoms with Crippen LogP contribution in [0.4, 0.5) is 11.5 Å². The molecule has 4 rings (SSSR count). The van der Waals surface area contributed by atoms with Gasteiger partial charge in [0.1, 0.15) is 11.3 Å². The van der Waals surface area contributed by atoms with Crippen molar-refractivity contribution < 1.29 is 0 Å². The summed E-state index contributed by atoms with van der Waals surface area (Å²) in [7, 11) is 1.98. The van der Waals surface area contributed by atoms with Crippen LogP contribution < -0.4 is 5.32 Å². The number of hydrogen-bond donors (Lipinski definition) is 1. The van der Waals surface area contributed by atoms with Crippen LogP contribution in [0.3, 0.4) is 0 Å². The van der Waals surface area contributed by atoms with Crippen molar-refractivity contribution in [2.24, 2.45) is 7.05 Å². The second kappa shape index (κ2) is 4.53. The van der Waals surface area contributed by atoms with Gasteiger partial charge in [0, 0.05) is 18.8 Å². The molecule has 0 radical (unpaired) electrons.